The Morgan fingerprint density at radius 1 is 1.21 bits per heavy atom. The summed E-state index contributed by atoms with van der Waals surface area (Å²) in [5.41, 5.74) is 8.85. The first kappa shape index (κ1) is 19.3. The van der Waals surface area contributed by atoms with E-state index < -0.39 is 10.0 Å². The zero-order valence-electron chi connectivity index (χ0n) is 16.2. The van der Waals surface area contributed by atoms with Crippen LogP contribution in [0.5, 0.6) is 0 Å². The summed E-state index contributed by atoms with van der Waals surface area (Å²) in [7, 11) is -3.50. The first-order valence-corrected chi connectivity index (χ1v) is 10.7. The van der Waals surface area contributed by atoms with E-state index >= 15 is 0 Å². The highest BCUT2D eigenvalue weighted by Gasteiger charge is 2.27. The molecule has 3 aromatic rings. The van der Waals surface area contributed by atoms with Gasteiger partial charge in [0.05, 0.1) is 16.2 Å². The van der Waals surface area contributed by atoms with Crippen LogP contribution >= 0.6 is 0 Å². The number of anilines is 3. The largest absolute Gasteiger partial charge is 0.383 e. The number of aryl methyl sites for hydroxylation is 1. The molecule has 3 heterocycles. The first-order chi connectivity index (χ1) is 13.9. The third kappa shape index (κ3) is 3.68. The molecule has 4 rings (SSSR count). The second-order valence-corrected chi connectivity index (χ2v) is 8.92. The Labute approximate surface area is 169 Å². The number of nitrogen functional groups attached to an aromatic ring is 1. The predicted octanol–water partition coefficient (Wildman–Crippen LogP) is 2.86. The van der Waals surface area contributed by atoms with Crippen LogP contribution in [0.2, 0.25) is 0 Å². The Morgan fingerprint density at radius 3 is 2.62 bits per heavy atom. The summed E-state index contributed by atoms with van der Waals surface area (Å²) < 4.78 is 32.3. The summed E-state index contributed by atoms with van der Waals surface area (Å²) in [5.74, 6) is 1.03. The summed E-state index contributed by atoms with van der Waals surface area (Å²) in [6.45, 7) is 4.85. The van der Waals surface area contributed by atoms with Crippen LogP contribution in [-0.2, 0) is 10.0 Å². The number of rotatable bonds is 5. The monoisotopic (exact) mass is 414 g/mol. The van der Waals surface area contributed by atoms with Gasteiger partial charge in [-0.25, -0.2) is 13.4 Å². The predicted molar refractivity (Wildman–Crippen MR) is 109 cm³/mol. The molecule has 0 radical (unpaired) electrons. The normalized spacial score (nSPS) is 15.0. The highest BCUT2D eigenvalue weighted by atomic mass is 32.2. The Morgan fingerprint density at radius 2 is 1.97 bits per heavy atom. The van der Waals surface area contributed by atoms with E-state index in [1.54, 1.807) is 30.5 Å². The van der Waals surface area contributed by atoms with E-state index in [-0.39, 0.29) is 16.7 Å². The van der Waals surface area contributed by atoms with Crippen molar-refractivity contribution in [1.82, 2.24) is 19.4 Å². The van der Waals surface area contributed by atoms with Gasteiger partial charge in [0.15, 0.2) is 5.76 Å². The number of hydrogen-bond acceptors (Lipinski definition) is 8. The lowest BCUT2D eigenvalue weighted by atomic mass is 10.1. The zero-order chi connectivity index (χ0) is 20.6. The van der Waals surface area contributed by atoms with Crippen molar-refractivity contribution in [2.45, 2.75) is 31.6 Å². The molecule has 0 unspecified atom stereocenters. The topological polar surface area (TPSA) is 127 Å². The minimum atomic E-state index is -3.50. The number of aromatic nitrogens is 3. The van der Waals surface area contributed by atoms with Crippen LogP contribution < -0.4 is 11.1 Å². The Hall–Kier alpha value is -2.98. The maximum atomic E-state index is 12.8. The van der Waals surface area contributed by atoms with Crippen LogP contribution in [0.4, 0.5) is 17.5 Å². The highest BCUT2D eigenvalue weighted by molar-refractivity contribution is 7.89. The molecule has 152 valence electrons. The SMILES string of the molecule is Cc1noc(-c2cnc(Nc3cccc(S(=O)(=O)N4CCCC4)c3)nc2N)c1C. The van der Waals surface area contributed by atoms with E-state index in [1.807, 2.05) is 13.8 Å². The fraction of sp³-hybridized carbons (Fsp3) is 0.316. The van der Waals surface area contributed by atoms with Gasteiger partial charge in [0, 0.05) is 30.5 Å². The van der Waals surface area contributed by atoms with E-state index in [4.69, 9.17) is 10.3 Å². The van der Waals surface area contributed by atoms with Crippen molar-refractivity contribution in [2.75, 3.05) is 24.1 Å². The molecule has 1 aliphatic heterocycles. The molecule has 0 saturated carbocycles. The van der Waals surface area contributed by atoms with E-state index in [0.29, 0.717) is 30.1 Å². The second-order valence-electron chi connectivity index (χ2n) is 6.98. The number of benzene rings is 1. The minimum Gasteiger partial charge on any atom is -0.383 e. The maximum Gasteiger partial charge on any atom is 0.243 e. The lowest BCUT2D eigenvalue weighted by molar-refractivity contribution is 0.427. The Balaban J connectivity index is 1.58. The summed E-state index contributed by atoms with van der Waals surface area (Å²) in [5, 5.41) is 6.94. The number of sulfonamides is 1. The molecule has 0 aliphatic carbocycles. The van der Waals surface area contributed by atoms with Gasteiger partial charge in [0.1, 0.15) is 5.82 Å². The fourth-order valence-electron chi connectivity index (χ4n) is 3.24. The van der Waals surface area contributed by atoms with Crippen molar-refractivity contribution in [3.8, 4) is 11.3 Å². The van der Waals surface area contributed by atoms with Gasteiger partial charge in [-0.05, 0) is 44.9 Å². The number of hydrogen-bond donors (Lipinski definition) is 2. The average Bonchev–Trinajstić information content (AvgIpc) is 3.34. The summed E-state index contributed by atoms with van der Waals surface area (Å²) in [6, 6.07) is 6.60. The number of nitrogens with two attached hydrogens (primary N) is 1. The standard InChI is InChI=1S/C19H22N6O3S/c1-12-13(2)24-28-17(12)16-11-21-19(23-18(16)20)22-14-6-5-7-15(10-14)29(26,27)25-8-3-4-9-25/h5-7,10-11H,3-4,8-9H2,1-2H3,(H3,20,21,22,23). The van der Waals surface area contributed by atoms with Gasteiger partial charge in [-0.1, -0.05) is 11.2 Å². The summed E-state index contributed by atoms with van der Waals surface area (Å²) in [4.78, 5) is 8.79. The minimum absolute atomic E-state index is 0.238. The molecule has 2 aromatic heterocycles. The quantitative estimate of drug-likeness (QED) is 0.652. The van der Waals surface area contributed by atoms with Gasteiger partial charge in [-0.15, -0.1) is 0 Å². The molecule has 0 atom stereocenters. The van der Waals surface area contributed by atoms with E-state index in [1.165, 1.54) is 4.31 Å². The maximum absolute atomic E-state index is 12.8. The van der Waals surface area contributed by atoms with Crippen LogP contribution in [0.3, 0.4) is 0 Å². The summed E-state index contributed by atoms with van der Waals surface area (Å²) >= 11 is 0. The molecule has 29 heavy (non-hydrogen) atoms. The van der Waals surface area contributed by atoms with Crippen molar-refractivity contribution < 1.29 is 12.9 Å². The number of nitrogens with zero attached hydrogens (tertiary/aromatic N) is 4. The molecule has 1 fully saturated rings. The first-order valence-electron chi connectivity index (χ1n) is 9.29. The molecule has 9 nitrogen and oxygen atoms in total. The van der Waals surface area contributed by atoms with Gasteiger partial charge in [-0.3, -0.25) is 0 Å². The molecule has 0 amide bonds. The third-order valence-electron chi connectivity index (χ3n) is 5.01. The molecule has 10 heteroatoms. The Kier molecular flexibility index (Phi) is 4.97. The number of nitrogens with one attached hydrogen (secondary N) is 1. The van der Waals surface area contributed by atoms with Gasteiger partial charge in [-0.2, -0.15) is 9.29 Å². The van der Waals surface area contributed by atoms with Crippen LogP contribution in [0, 0.1) is 13.8 Å². The lowest BCUT2D eigenvalue weighted by Gasteiger charge is -2.16. The van der Waals surface area contributed by atoms with Gasteiger partial charge in [0.2, 0.25) is 16.0 Å². The lowest BCUT2D eigenvalue weighted by Crippen LogP contribution is -2.27. The second kappa shape index (κ2) is 7.45. The van der Waals surface area contributed by atoms with Crippen molar-refractivity contribution in [2.24, 2.45) is 0 Å². The van der Waals surface area contributed by atoms with Crippen LogP contribution in [0.25, 0.3) is 11.3 Å². The Bertz CT molecular complexity index is 1150. The van der Waals surface area contributed by atoms with E-state index in [0.717, 1.165) is 24.1 Å². The fourth-order valence-corrected chi connectivity index (χ4v) is 4.80. The van der Waals surface area contributed by atoms with Crippen molar-refractivity contribution >= 4 is 27.5 Å². The van der Waals surface area contributed by atoms with Crippen LogP contribution in [-0.4, -0.2) is 40.9 Å². The molecule has 0 spiro atoms. The van der Waals surface area contributed by atoms with Crippen molar-refractivity contribution in [3.05, 3.63) is 41.7 Å². The van der Waals surface area contributed by atoms with Crippen molar-refractivity contribution in [3.63, 3.8) is 0 Å². The van der Waals surface area contributed by atoms with E-state index in [2.05, 4.69) is 20.4 Å². The molecule has 1 saturated heterocycles. The van der Waals surface area contributed by atoms with Gasteiger partial charge in [0.25, 0.3) is 0 Å². The van der Waals surface area contributed by atoms with Crippen molar-refractivity contribution in [1.29, 1.82) is 0 Å². The van der Waals surface area contributed by atoms with Crippen LogP contribution in [0.1, 0.15) is 24.1 Å². The van der Waals surface area contributed by atoms with Gasteiger partial charge < -0.3 is 15.6 Å². The molecule has 1 aliphatic rings. The zero-order valence-corrected chi connectivity index (χ0v) is 17.0. The molecule has 1 aromatic carbocycles. The van der Waals surface area contributed by atoms with Gasteiger partial charge >= 0.3 is 0 Å². The average molecular weight is 414 g/mol. The molecule has 3 N–H and O–H groups in total. The molecule has 0 bridgehead atoms. The molecular formula is C19H22N6O3S. The highest BCUT2D eigenvalue weighted by Crippen LogP contribution is 2.30. The molecular weight excluding hydrogens is 392 g/mol. The van der Waals surface area contributed by atoms with Crippen LogP contribution in [0.15, 0.2) is 39.9 Å². The smallest absolute Gasteiger partial charge is 0.243 e. The summed E-state index contributed by atoms with van der Waals surface area (Å²) in [6.07, 6.45) is 3.34. The van der Waals surface area contributed by atoms with E-state index in [9.17, 15) is 8.42 Å². The third-order valence-corrected chi connectivity index (χ3v) is 6.91.